The van der Waals surface area contributed by atoms with Crippen molar-refractivity contribution in [2.24, 2.45) is 0 Å². The summed E-state index contributed by atoms with van der Waals surface area (Å²) in [5.74, 6) is 0.747. The topological polar surface area (TPSA) is 103 Å². The number of rotatable bonds is 7. The molecule has 0 aliphatic carbocycles. The lowest BCUT2D eigenvalue weighted by Gasteiger charge is -2.22. The number of hydrogen-bond donors (Lipinski definition) is 1. The summed E-state index contributed by atoms with van der Waals surface area (Å²) in [7, 11) is -2.14. The summed E-state index contributed by atoms with van der Waals surface area (Å²) in [6.45, 7) is 5.54. The van der Waals surface area contributed by atoms with Crippen molar-refractivity contribution in [2.75, 3.05) is 25.6 Å². The van der Waals surface area contributed by atoms with Crippen molar-refractivity contribution in [2.45, 2.75) is 30.4 Å². The molecule has 8 nitrogen and oxygen atoms in total. The van der Waals surface area contributed by atoms with Gasteiger partial charge in [-0.15, -0.1) is 11.3 Å². The van der Waals surface area contributed by atoms with E-state index in [-0.39, 0.29) is 17.3 Å². The average molecular weight is 473 g/mol. The van der Waals surface area contributed by atoms with E-state index in [0.29, 0.717) is 23.3 Å². The molecule has 2 aromatic heterocycles. The summed E-state index contributed by atoms with van der Waals surface area (Å²) in [6, 6.07) is 9.07. The summed E-state index contributed by atoms with van der Waals surface area (Å²) in [5.41, 5.74) is 4.04. The zero-order valence-corrected chi connectivity index (χ0v) is 19.9. The van der Waals surface area contributed by atoms with Crippen LogP contribution in [-0.2, 0) is 14.6 Å². The number of aromatic nitrogens is 3. The van der Waals surface area contributed by atoms with Gasteiger partial charge in [-0.25, -0.2) is 23.4 Å². The van der Waals surface area contributed by atoms with E-state index < -0.39 is 14.6 Å². The molecule has 2 aromatic carbocycles. The molecule has 0 fully saturated rings. The zero-order chi connectivity index (χ0) is 22.9. The molecule has 32 heavy (non-hydrogen) atoms. The molecule has 0 amide bonds. The van der Waals surface area contributed by atoms with Gasteiger partial charge in [-0.05, 0) is 45.0 Å². The Morgan fingerprint density at radius 1 is 1.03 bits per heavy atom. The van der Waals surface area contributed by atoms with Crippen molar-refractivity contribution >= 4 is 53.8 Å². The first kappa shape index (κ1) is 22.4. The van der Waals surface area contributed by atoms with Crippen molar-refractivity contribution in [1.29, 1.82) is 0 Å². The van der Waals surface area contributed by atoms with E-state index in [4.69, 9.17) is 9.47 Å². The van der Waals surface area contributed by atoms with Gasteiger partial charge in [-0.1, -0.05) is 0 Å². The molecule has 0 saturated carbocycles. The van der Waals surface area contributed by atoms with Crippen LogP contribution in [0.1, 0.15) is 20.8 Å². The maximum absolute atomic E-state index is 13.4. The van der Waals surface area contributed by atoms with Crippen LogP contribution in [0.3, 0.4) is 0 Å². The van der Waals surface area contributed by atoms with E-state index in [9.17, 15) is 8.42 Å². The van der Waals surface area contributed by atoms with Crippen molar-refractivity contribution in [1.82, 2.24) is 15.0 Å². The molecule has 2 heterocycles. The monoisotopic (exact) mass is 472 g/mol. The van der Waals surface area contributed by atoms with Crippen molar-refractivity contribution in [3.8, 4) is 5.75 Å². The smallest absolute Gasteiger partial charge is 0.186 e. The minimum absolute atomic E-state index is 0.0985. The van der Waals surface area contributed by atoms with Gasteiger partial charge < -0.3 is 14.8 Å². The highest BCUT2D eigenvalue weighted by Gasteiger charge is 2.34. The van der Waals surface area contributed by atoms with Crippen LogP contribution in [0, 0.1) is 0 Å². The van der Waals surface area contributed by atoms with Crippen molar-refractivity contribution in [3.05, 3.63) is 42.2 Å². The van der Waals surface area contributed by atoms with Crippen LogP contribution in [0.5, 0.6) is 5.75 Å². The molecule has 0 aliphatic heterocycles. The molecular formula is C22H24N4O4S2. The quantitative estimate of drug-likeness (QED) is 0.390. The Morgan fingerprint density at radius 3 is 2.59 bits per heavy atom. The van der Waals surface area contributed by atoms with Crippen LogP contribution in [-0.4, -0.2) is 48.4 Å². The first-order valence-corrected chi connectivity index (χ1v) is 12.3. The number of ether oxygens (including phenoxy) is 2. The number of anilines is 2. The lowest BCUT2D eigenvalue weighted by molar-refractivity contribution is 0.144. The molecular weight excluding hydrogens is 448 g/mol. The maximum Gasteiger partial charge on any atom is 0.186 e. The van der Waals surface area contributed by atoms with Crippen LogP contribution in [0.4, 0.5) is 11.5 Å². The molecule has 0 unspecified atom stereocenters. The SMILES string of the molecule is COCCOc1cc2ncnc(Nc3ccc4scnc4c3)c2cc1S(=O)(=O)C(C)(C)C. The van der Waals surface area contributed by atoms with E-state index in [1.165, 1.54) is 6.33 Å². The number of thiazole rings is 1. The molecule has 0 bridgehead atoms. The first-order chi connectivity index (χ1) is 15.2. The highest BCUT2D eigenvalue weighted by atomic mass is 32.2. The minimum atomic E-state index is -3.70. The van der Waals surface area contributed by atoms with Gasteiger partial charge >= 0.3 is 0 Å². The van der Waals surface area contributed by atoms with Gasteiger partial charge in [0.25, 0.3) is 0 Å². The van der Waals surface area contributed by atoms with Crippen LogP contribution < -0.4 is 10.1 Å². The predicted molar refractivity (Wildman–Crippen MR) is 127 cm³/mol. The normalized spacial score (nSPS) is 12.4. The molecule has 10 heteroatoms. The van der Waals surface area contributed by atoms with Crippen LogP contribution >= 0.6 is 11.3 Å². The van der Waals surface area contributed by atoms with Crippen molar-refractivity contribution < 1.29 is 17.9 Å². The lowest BCUT2D eigenvalue weighted by Crippen LogP contribution is -2.28. The van der Waals surface area contributed by atoms with E-state index in [1.807, 2.05) is 18.2 Å². The number of methoxy groups -OCH3 is 1. The van der Waals surface area contributed by atoms with Crippen LogP contribution in [0.15, 0.2) is 47.1 Å². The number of sulfone groups is 1. The molecule has 4 rings (SSSR count). The number of benzene rings is 2. The van der Waals surface area contributed by atoms with E-state index in [2.05, 4.69) is 20.3 Å². The Kier molecular flexibility index (Phi) is 6.02. The van der Waals surface area contributed by atoms with Gasteiger partial charge in [-0.2, -0.15) is 0 Å². The van der Waals surface area contributed by atoms with Gasteiger partial charge in [0.15, 0.2) is 9.84 Å². The van der Waals surface area contributed by atoms with Crippen LogP contribution in [0.25, 0.3) is 21.1 Å². The third kappa shape index (κ3) is 4.25. The van der Waals surface area contributed by atoms with Gasteiger partial charge in [0.05, 0.1) is 32.6 Å². The Labute approximate surface area is 190 Å². The molecule has 0 spiro atoms. The van der Waals surface area contributed by atoms with E-state index in [0.717, 1.165) is 15.9 Å². The van der Waals surface area contributed by atoms with Crippen molar-refractivity contribution in [3.63, 3.8) is 0 Å². The zero-order valence-electron chi connectivity index (χ0n) is 18.2. The van der Waals surface area contributed by atoms with E-state index in [1.54, 1.807) is 56.9 Å². The fourth-order valence-corrected chi connectivity index (χ4v) is 5.10. The number of nitrogens with one attached hydrogen (secondary N) is 1. The summed E-state index contributed by atoms with van der Waals surface area (Å²) in [4.78, 5) is 13.1. The molecule has 0 saturated heterocycles. The Morgan fingerprint density at radius 2 is 1.84 bits per heavy atom. The van der Waals surface area contributed by atoms with Gasteiger partial charge in [0.1, 0.15) is 29.4 Å². The molecule has 0 atom stereocenters. The Bertz CT molecular complexity index is 1380. The summed E-state index contributed by atoms with van der Waals surface area (Å²) in [5, 5.41) is 3.85. The summed E-state index contributed by atoms with van der Waals surface area (Å²) >= 11 is 1.57. The number of hydrogen-bond acceptors (Lipinski definition) is 9. The Balaban J connectivity index is 1.83. The second kappa shape index (κ2) is 8.61. The van der Waals surface area contributed by atoms with Gasteiger partial charge in [-0.3, -0.25) is 0 Å². The second-order valence-corrected chi connectivity index (χ2v) is 11.7. The third-order valence-corrected chi connectivity index (χ3v) is 8.26. The predicted octanol–water partition coefficient (Wildman–Crippen LogP) is 4.58. The largest absolute Gasteiger partial charge is 0.490 e. The second-order valence-electron chi connectivity index (χ2n) is 8.16. The van der Waals surface area contributed by atoms with Gasteiger partial charge in [0.2, 0.25) is 0 Å². The minimum Gasteiger partial charge on any atom is -0.490 e. The third-order valence-electron chi connectivity index (χ3n) is 4.93. The average Bonchev–Trinajstić information content (AvgIpc) is 3.20. The van der Waals surface area contributed by atoms with E-state index >= 15 is 0 Å². The molecule has 0 radical (unpaired) electrons. The highest BCUT2D eigenvalue weighted by molar-refractivity contribution is 7.92. The van der Waals surface area contributed by atoms with Crippen LogP contribution in [0.2, 0.25) is 0 Å². The number of nitrogens with zero attached hydrogens (tertiary/aromatic N) is 3. The standard InChI is InChI=1S/C22H24N4O4S2/c1-22(2,3)32(27,28)20-10-15-16(11-18(20)30-8-7-29-4)23-12-24-21(15)26-14-5-6-19-17(9-14)25-13-31-19/h5-6,9-13H,7-8H2,1-4H3,(H,23,24,26). The Hall–Kier alpha value is -2.82. The lowest BCUT2D eigenvalue weighted by atomic mass is 10.2. The fraction of sp³-hybridized carbons (Fsp3) is 0.318. The summed E-state index contributed by atoms with van der Waals surface area (Å²) < 4.78 is 37.6. The highest BCUT2D eigenvalue weighted by Crippen LogP contribution is 2.37. The molecule has 0 aliphatic rings. The first-order valence-electron chi connectivity index (χ1n) is 9.96. The number of fused-ring (bicyclic) bond motifs is 2. The van der Waals surface area contributed by atoms with Gasteiger partial charge in [0, 0.05) is 24.2 Å². The molecule has 4 aromatic rings. The molecule has 168 valence electrons. The fourth-order valence-electron chi connectivity index (χ4n) is 3.12. The summed E-state index contributed by atoms with van der Waals surface area (Å²) in [6.07, 6.45) is 1.43. The maximum atomic E-state index is 13.4. The molecule has 1 N–H and O–H groups in total.